The first-order valence-corrected chi connectivity index (χ1v) is 10.6. The Bertz CT molecular complexity index is 981. The molecule has 0 atom stereocenters. The molecule has 0 N–H and O–H groups in total. The normalized spacial score (nSPS) is 10.3. The minimum Gasteiger partial charge on any atom is -0.490 e. The summed E-state index contributed by atoms with van der Waals surface area (Å²) in [5.74, 6) is 0.876. The Kier molecular flexibility index (Phi) is 8.69. The zero-order valence-electron chi connectivity index (χ0n) is 18.0. The molecule has 0 amide bonds. The van der Waals surface area contributed by atoms with E-state index in [1.165, 1.54) is 0 Å². The van der Waals surface area contributed by atoms with E-state index in [4.69, 9.17) is 18.9 Å². The minimum absolute atomic E-state index is 0.346. The van der Waals surface area contributed by atoms with Gasteiger partial charge in [-0.05, 0) is 67.1 Å². The van der Waals surface area contributed by atoms with E-state index in [9.17, 15) is 9.59 Å². The lowest BCUT2D eigenvalue weighted by Gasteiger charge is -2.09. The monoisotopic (exact) mass is 434 g/mol. The molecule has 0 aliphatic carbocycles. The molecule has 32 heavy (non-hydrogen) atoms. The zero-order chi connectivity index (χ0) is 22.6. The van der Waals surface area contributed by atoms with Crippen LogP contribution in [-0.4, -0.2) is 31.8 Å². The van der Waals surface area contributed by atoms with E-state index in [2.05, 4.69) is 0 Å². The van der Waals surface area contributed by atoms with Gasteiger partial charge in [0.2, 0.25) is 0 Å². The van der Waals surface area contributed by atoms with Gasteiger partial charge in [-0.3, -0.25) is 0 Å². The Morgan fingerprint density at radius 2 is 1.16 bits per heavy atom. The fourth-order valence-electron chi connectivity index (χ4n) is 2.74. The van der Waals surface area contributed by atoms with E-state index in [0.29, 0.717) is 42.4 Å². The molecule has 3 rings (SSSR count). The van der Waals surface area contributed by atoms with Crippen LogP contribution in [0.3, 0.4) is 0 Å². The lowest BCUT2D eigenvalue weighted by atomic mass is 10.2. The van der Waals surface area contributed by atoms with E-state index in [1.54, 1.807) is 48.5 Å². The van der Waals surface area contributed by atoms with Crippen molar-refractivity contribution in [3.63, 3.8) is 0 Å². The standard InChI is InChI=1S/C26H26O6/c1-2-3-17-31-25(27)20-11-15-24(16-12-20)32-26(28)21-9-13-23(14-10-21)30-19-18-29-22-7-5-4-6-8-22/h4-16H,2-3,17-19H2,1H3. The van der Waals surface area contributed by atoms with Gasteiger partial charge < -0.3 is 18.9 Å². The topological polar surface area (TPSA) is 71.1 Å². The van der Waals surface area contributed by atoms with Gasteiger partial charge in [0.05, 0.1) is 17.7 Å². The maximum absolute atomic E-state index is 12.4. The second kappa shape index (κ2) is 12.2. The summed E-state index contributed by atoms with van der Waals surface area (Å²) in [4.78, 5) is 24.3. The highest BCUT2D eigenvalue weighted by atomic mass is 16.5. The third-order valence-electron chi connectivity index (χ3n) is 4.49. The largest absolute Gasteiger partial charge is 0.490 e. The van der Waals surface area contributed by atoms with Crippen molar-refractivity contribution in [2.45, 2.75) is 19.8 Å². The van der Waals surface area contributed by atoms with Crippen LogP contribution in [0.25, 0.3) is 0 Å². The maximum atomic E-state index is 12.4. The Labute approximate surface area is 187 Å². The number of para-hydroxylation sites is 1. The van der Waals surface area contributed by atoms with Crippen molar-refractivity contribution in [3.8, 4) is 17.2 Å². The predicted octanol–water partition coefficient (Wildman–Crippen LogP) is 5.32. The summed E-state index contributed by atoms with van der Waals surface area (Å²) in [5.41, 5.74) is 0.805. The van der Waals surface area contributed by atoms with Gasteiger partial charge in [0.25, 0.3) is 0 Å². The number of carbonyl (C=O) groups excluding carboxylic acids is 2. The molecular weight excluding hydrogens is 408 g/mol. The van der Waals surface area contributed by atoms with Crippen LogP contribution in [0.4, 0.5) is 0 Å². The van der Waals surface area contributed by atoms with Gasteiger partial charge in [-0.1, -0.05) is 31.5 Å². The van der Waals surface area contributed by atoms with E-state index in [-0.39, 0.29) is 5.97 Å². The van der Waals surface area contributed by atoms with Crippen LogP contribution in [0.2, 0.25) is 0 Å². The summed E-state index contributed by atoms with van der Waals surface area (Å²) in [6, 6.07) is 22.5. The van der Waals surface area contributed by atoms with Gasteiger partial charge in [0.15, 0.2) is 0 Å². The zero-order valence-corrected chi connectivity index (χ0v) is 18.0. The Hall–Kier alpha value is -3.80. The summed E-state index contributed by atoms with van der Waals surface area (Å²) in [7, 11) is 0. The SMILES string of the molecule is CCCCOC(=O)c1ccc(OC(=O)c2ccc(OCCOc3ccccc3)cc2)cc1. The maximum Gasteiger partial charge on any atom is 0.343 e. The molecule has 0 aromatic heterocycles. The summed E-state index contributed by atoms with van der Waals surface area (Å²) in [5, 5.41) is 0. The Morgan fingerprint density at radius 3 is 1.75 bits per heavy atom. The number of hydrogen-bond acceptors (Lipinski definition) is 6. The molecule has 0 saturated heterocycles. The summed E-state index contributed by atoms with van der Waals surface area (Å²) >= 11 is 0. The smallest absolute Gasteiger partial charge is 0.343 e. The second-order valence-electron chi connectivity index (χ2n) is 6.94. The van der Waals surface area contributed by atoms with Crippen molar-refractivity contribution in [2.24, 2.45) is 0 Å². The lowest BCUT2D eigenvalue weighted by molar-refractivity contribution is 0.0499. The van der Waals surface area contributed by atoms with Gasteiger partial charge >= 0.3 is 11.9 Å². The van der Waals surface area contributed by atoms with E-state index >= 15 is 0 Å². The van der Waals surface area contributed by atoms with Gasteiger partial charge in [0, 0.05) is 0 Å². The van der Waals surface area contributed by atoms with E-state index < -0.39 is 5.97 Å². The van der Waals surface area contributed by atoms with Gasteiger partial charge in [-0.15, -0.1) is 0 Å². The fraction of sp³-hybridized carbons (Fsp3) is 0.231. The molecule has 166 valence electrons. The molecule has 0 aliphatic rings. The number of hydrogen-bond donors (Lipinski definition) is 0. The summed E-state index contributed by atoms with van der Waals surface area (Å²) < 4.78 is 21.7. The van der Waals surface area contributed by atoms with Gasteiger partial charge in [0.1, 0.15) is 30.5 Å². The summed E-state index contributed by atoms with van der Waals surface area (Å²) in [6.07, 6.45) is 1.78. The van der Waals surface area contributed by atoms with Crippen molar-refractivity contribution < 1.29 is 28.5 Å². The molecule has 0 unspecified atom stereocenters. The fourth-order valence-corrected chi connectivity index (χ4v) is 2.74. The third kappa shape index (κ3) is 7.16. The molecule has 0 bridgehead atoms. The molecule has 0 saturated carbocycles. The third-order valence-corrected chi connectivity index (χ3v) is 4.49. The van der Waals surface area contributed by atoms with Crippen molar-refractivity contribution >= 4 is 11.9 Å². The van der Waals surface area contributed by atoms with Crippen LogP contribution in [0.15, 0.2) is 78.9 Å². The molecule has 3 aromatic rings. The average Bonchev–Trinajstić information content (AvgIpc) is 2.83. The minimum atomic E-state index is -0.498. The van der Waals surface area contributed by atoms with Crippen LogP contribution in [0, 0.1) is 0 Å². The number of esters is 2. The average molecular weight is 434 g/mol. The van der Waals surface area contributed by atoms with Crippen molar-refractivity contribution in [1.82, 2.24) is 0 Å². The number of rotatable bonds is 11. The van der Waals surface area contributed by atoms with Crippen molar-refractivity contribution in [2.75, 3.05) is 19.8 Å². The second-order valence-corrected chi connectivity index (χ2v) is 6.94. The van der Waals surface area contributed by atoms with Crippen LogP contribution in [0.5, 0.6) is 17.2 Å². The highest BCUT2D eigenvalue weighted by Crippen LogP contribution is 2.17. The first kappa shape index (κ1) is 22.9. The number of ether oxygens (including phenoxy) is 4. The molecule has 0 fully saturated rings. The number of unbranched alkanes of at least 4 members (excludes halogenated alkanes) is 1. The molecule has 0 radical (unpaired) electrons. The molecule has 6 heteroatoms. The number of benzene rings is 3. The number of carbonyl (C=O) groups is 2. The van der Waals surface area contributed by atoms with Gasteiger partial charge in [-0.2, -0.15) is 0 Å². The molecule has 3 aromatic carbocycles. The van der Waals surface area contributed by atoms with Gasteiger partial charge in [-0.25, -0.2) is 9.59 Å². The van der Waals surface area contributed by atoms with E-state index in [0.717, 1.165) is 18.6 Å². The first-order valence-electron chi connectivity index (χ1n) is 10.6. The summed E-state index contributed by atoms with van der Waals surface area (Å²) in [6.45, 7) is 3.22. The van der Waals surface area contributed by atoms with Crippen LogP contribution < -0.4 is 14.2 Å². The molecule has 0 spiro atoms. The molecule has 6 nitrogen and oxygen atoms in total. The highest BCUT2D eigenvalue weighted by Gasteiger charge is 2.11. The first-order chi connectivity index (χ1) is 15.7. The van der Waals surface area contributed by atoms with E-state index in [1.807, 2.05) is 37.3 Å². The van der Waals surface area contributed by atoms with Crippen LogP contribution >= 0.6 is 0 Å². The Balaban J connectivity index is 1.44. The lowest BCUT2D eigenvalue weighted by Crippen LogP contribution is -2.10. The molecular formula is C26H26O6. The quantitative estimate of drug-likeness (QED) is 0.231. The Morgan fingerprint density at radius 1 is 0.625 bits per heavy atom. The van der Waals surface area contributed by atoms with Crippen LogP contribution in [-0.2, 0) is 4.74 Å². The van der Waals surface area contributed by atoms with Crippen LogP contribution in [0.1, 0.15) is 40.5 Å². The van der Waals surface area contributed by atoms with Crippen molar-refractivity contribution in [1.29, 1.82) is 0 Å². The predicted molar refractivity (Wildman–Crippen MR) is 120 cm³/mol. The molecule has 0 aliphatic heterocycles. The highest BCUT2D eigenvalue weighted by molar-refractivity contribution is 5.92. The molecule has 0 heterocycles. The van der Waals surface area contributed by atoms with Crippen molar-refractivity contribution in [3.05, 3.63) is 90.0 Å².